The monoisotopic (exact) mass is 216 g/mol. The highest BCUT2D eigenvalue weighted by atomic mass is 16.5. The minimum atomic E-state index is 0.385. The van der Waals surface area contributed by atoms with Crippen LogP contribution in [-0.2, 0) is 0 Å². The average Bonchev–Trinajstić information content (AvgIpc) is 2.31. The van der Waals surface area contributed by atoms with E-state index in [1.54, 1.807) is 19.2 Å². The lowest BCUT2D eigenvalue weighted by Gasteiger charge is -2.03. The van der Waals surface area contributed by atoms with Crippen molar-refractivity contribution in [3.8, 4) is 17.6 Å². The highest BCUT2D eigenvalue weighted by Gasteiger charge is 1.98. The molecule has 16 heavy (non-hydrogen) atoms. The topological polar surface area (TPSA) is 84.0 Å². The van der Waals surface area contributed by atoms with E-state index in [9.17, 15) is 0 Å². The van der Waals surface area contributed by atoms with Crippen molar-refractivity contribution in [3.63, 3.8) is 0 Å². The summed E-state index contributed by atoms with van der Waals surface area (Å²) in [5.41, 5.74) is 15.1. The molecule has 0 fully saturated rings. The van der Waals surface area contributed by atoms with Crippen LogP contribution in [0.2, 0.25) is 0 Å². The largest absolute Gasteiger partial charge is 0.495 e. The molecule has 0 atom stereocenters. The van der Waals surface area contributed by atoms with E-state index < -0.39 is 0 Å². The van der Waals surface area contributed by atoms with Crippen LogP contribution in [0.5, 0.6) is 5.75 Å². The van der Waals surface area contributed by atoms with Gasteiger partial charge in [0, 0.05) is 23.4 Å². The van der Waals surface area contributed by atoms with Crippen molar-refractivity contribution in [1.29, 1.82) is 0 Å². The first-order chi connectivity index (χ1) is 7.77. The van der Waals surface area contributed by atoms with Gasteiger partial charge in [-0.1, -0.05) is 17.0 Å². The number of hydrogen-bond acceptors (Lipinski definition) is 3. The van der Waals surface area contributed by atoms with Gasteiger partial charge in [-0.15, -0.1) is 0 Å². The molecule has 1 aromatic carbocycles. The second kappa shape index (κ2) is 6.23. The van der Waals surface area contributed by atoms with Crippen molar-refractivity contribution in [3.05, 3.63) is 34.2 Å². The van der Waals surface area contributed by atoms with E-state index in [4.69, 9.17) is 16.0 Å². The molecule has 2 N–H and O–H groups in total. The summed E-state index contributed by atoms with van der Waals surface area (Å²) >= 11 is 0. The predicted molar refractivity (Wildman–Crippen MR) is 62.9 cm³/mol. The molecule has 0 heterocycles. The first kappa shape index (κ1) is 11.8. The standard InChI is InChI=1S/C11H12N4O/c1-16-11-8-9(5-6-10(11)12)4-2-3-7-14-15-13/h5-6,8H,3,7,12H2,1H3. The zero-order chi connectivity index (χ0) is 11.8. The van der Waals surface area contributed by atoms with Crippen molar-refractivity contribution in [2.75, 3.05) is 19.4 Å². The van der Waals surface area contributed by atoms with Crippen molar-refractivity contribution in [2.45, 2.75) is 6.42 Å². The molecule has 0 aliphatic rings. The van der Waals surface area contributed by atoms with Crippen LogP contribution in [0.15, 0.2) is 23.3 Å². The Balaban J connectivity index is 2.70. The normalized spacial score (nSPS) is 8.56. The third-order valence-corrected chi connectivity index (χ3v) is 1.87. The van der Waals surface area contributed by atoms with E-state index in [2.05, 4.69) is 21.9 Å². The molecule has 1 aromatic rings. The molecule has 0 saturated heterocycles. The lowest BCUT2D eigenvalue weighted by Crippen LogP contribution is -1.92. The van der Waals surface area contributed by atoms with Crippen molar-refractivity contribution in [2.24, 2.45) is 5.11 Å². The summed E-state index contributed by atoms with van der Waals surface area (Å²) in [6.07, 6.45) is 0.538. The van der Waals surface area contributed by atoms with Gasteiger partial charge in [-0.3, -0.25) is 0 Å². The van der Waals surface area contributed by atoms with E-state index in [0.29, 0.717) is 24.4 Å². The first-order valence-corrected chi connectivity index (χ1v) is 4.71. The fourth-order valence-electron chi connectivity index (χ4n) is 1.10. The average molecular weight is 216 g/mol. The Morgan fingerprint density at radius 3 is 3.06 bits per heavy atom. The second-order valence-corrected chi connectivity index (χ2v) is 2.96. The molecule has 0 bridgehead atoms. The molecule has 82 valence electrons. The van der Waals surface area contributed by atoms with Crippen molar-refractivity contribution in [1.82, 2.24) is 0 Å². The van der Waals surface area contributed by atoms with Gasteiger partial charge in [0.15, 0.2) is 0 Å². The molecule has 0 aromatic heterocycles. The SMILES string of the molecule is COc1cc(C#CCCN=[N+]=[N-])ccc1N. The van der Waals surface area contributed by atoms with Crippen molar-refractivity contribution < 1.29 is 4.74 Å². The summed E-state index contributed by atoms with van der Waals surface area (Å²) in [7, 11) is 1.56. The van der Waals surface area contributed by atoms with Gasteiger partial charge < -0.3 is 10.5 Å². The molecule has 0 aliphatic heterocycles. The van der Waals surface area contributed by atoms with Crippen LogP contribution in [0, 0.1) is 11.8 Å². The summed E-state index contributed by atoms with van der Waals surface area (Å²) in [6, 6.07) is 5.34. The van der Waals surface area contributed by atoms with E-state index in [0.717, 1.165) is 5.56 Å². The van der Waals surface area contributed by atoms with Gasteiger partial charge in [0.1, 0.15) is 5.75 Å². The van der Waals surface area contributed by atoms with Gasteiger partial charge in [-0.2, -0.15) is 0 Å². The Morgan fingerprint density at radius 2 is 2.38 bits per heavy atom. The first-order valence-electron chi connectivity index (χ1n) is 4.71. The van der Waals surface area contributed by atoms with E-state index >= 15 is 0 Å². The van der Waals surface area contributed by atoms with E-state index in [-0.39, 0.29) is 0 Å². The smallest absolute Gasteiger partial charge is 0.142 e. The zero-order valence-electron chi connectivity index (χ0n) is 8.97. The van der Waals surface area contributed by atoms with Gasteiger partial charge in [0.25, 0.3) is 0 Å². The van der Waals surface area contributed by atoms with Crippen LogP contribution in [0.1, 0.15) is 12.0 Å². The zero-order valence-corrected chi connectivity index (χ0v) is 8.97. The summed E-state index contributed by atoms with van der Waals surface area (Å²) in [5, 5.41) is 3.38. The maximum atomic E-state index is 8.06. The van der Waals surface area contributed by atoms with E-state index in [1.165, 1.54) is 0 Å². The lowest BCUT2D eigenvalue weighted by atomic mass is 10.2. The minimum absolute atomic E-state index is 0.385. The fourth-order valence-corrected chi connectivity index (χ4v) is 1.10. The Hall–Kier alpha value is -2.31. The van der Waals surface area contributed by atoms with Gasteiger partial charge in [-0.05, 0) is 23.7 Å². The third kappa shape index (κ3) is 3.45. The number of nitrogens with zero attached hydrogens (tertiary/aromatic N) is 3. The van der Waals surface area contributed by atoms with Crippen molar-refractivity contribution >= 4 is 5.69 Å². The number of ether oxygens (including phenoxy) is 1. The number of anilines is 1. The molecule has 0 amide bonds. The number of azide groups is 1. The number of nitrogens with two attached hydrogens (primary N) is 1. The number of rotatable bonds is 3. The molecule has 5 nitrogen and oxygen atoms in total. The number of methoxy groups -OCH3 is 1. The van der Waals surface area contributed by atoms with Gasteiger partial charge in [0.05, 0.1) is 12.8 Å². The summed E-state index contributed by atoms with van der Waals surface area (Å²) in [4.78, 5) is 2.64. The molecule has 0 unspecified atom stereocenters. The van der Waals surface area contributed by atoms with Crippen LogP contribution in [0.3, 0.4) is 0 Å². The molecule has 0 spiro atoms. The van der Waals surface area contributed by atoms with Crippen LogP contribution in [0.4, 0.5) is 5.69 Å². The summed E-state index contributed by atoms with van der Waals surface area (Å²) in [5.74, 6) is 6.45. The maximum Gasteiger partial charge on any atom is 0.142 e. The molecular formula is C11H12N4O. The fraction of sp³-hybridized carbons (Fsp3) is 0.273. The van der Waals surface area contributed by atoms with Crippen LogP contribution >= 0.6 is 0 Å². The van der Waals surface area contributed by atoms with Crippen LogP contribution < -0.4 is 10.5 Å². The Bertz CT molecular complexity index is 467. The molecule has 0 aliphatic carbocycles. The Kier molecular flexibility index (Phi) is 4.58. The highest BCUT2D eigenvalue weighted by Crippen LogP contribution is 2.21. The van der Waals surface area contributed by atoms with Gasteiger partial charge in [0.2, 0.25) is 0 Å². The quantitative estimate of drug-likeness (QED) is 0.210. The van der Waals surface area contributed by atoms with E-state index in [1.807, 2.05) is 6.07 Å². The maximum absolute atomic E-state index is 8.06. The Morgan fingerprint density at radius 1 is 1.56 bits per heavy atom. The van der Waals surface area contributed by atoms with Gasteiger partial charge in [-0.25, -0.2) is 0 Å². The van der Waals surface area contributed by atoms with Gasteiger partial charge >= 0.3 is 0 Å². The minimum Gasteiger partial charge on any atom is -0.495 e. The number of nitrogen functional groups attached to an aromatic ring is 1. The van der Waals surface area contributed by atoms with Crippen LogP contribution in [0.25, 0.3) is 10.4 Å². The lowest BCUT2D eigenvalue weighted by molar-refractivity contribution is 0.417. The number of benzene rings is 1. The number of hydrogen-bond donors (Lipinski definition) is 1. The summed E-state index contributed by atoms with van der Waals surface area (Å²) in [6.45, 7) is 0.385. The molecule has 0 radical (unpaired) electrons. The third-order valence-electron chi connectivity index (χ3n) is 1.87. The van der Waals surface area contributed by atoms with Crippen LogP contribution in [-0.4, -0.2) is 13.7 Å². The Labute approximate surface area is 93.8 Å². The molecule has 5 heteroatoms. The predicted octanol–water partition coefficient (Wildman–Crippen LogP) is 2.33. The highest BCUT2D eigenvalue weighted by molar-refractivity contribution is 5.56. The molecule has 1 rings (SSSR count). The molecular weight excluding hydrogens is 204 g/mol. The summed E-state index contributed by atoms with van der Waals surface area (Å²) < 4.78 is 5.07. The molecule has 0 saturated carbocycles. The second-order valence-electron chi connectivity index (χ2n) is 2.96.